The molecular formula is C13H19N5O2. The Hall–Kier alpha value is -2.18. The SMILES string of the molecule is Nc1c[nH]c(C(=O)N2CCC(N3CCNC3=O)CC2)c1. The molecule has 7 heteroatoms. The van der Waals surface area contributed by atoms with Crippen molar-refractivity contribution in [1.29, 1.82) is 0 Å². The minimum absolute atomic E-state index is 0.0203. The highest BCUT2D eigenvalue weighted by atomic mass is 16.2. The van der Waals surface area contributed by atoms with Crippen molar-refractivity contribution in [3.8, 4) is 0 Å². The van der Waals surface area contributed by atoms with Crippen LogP contribution in [0.1, 0.15) is 23.3 Å². The molecule has 1 aromatic heterocycles. The van der Waals surface area contributed by atoms with E-state index in [4.69, 9.17) is 5.73 Å². The average molecular weight is 277 g/mol. The molecule has 2 saturated heterocycles. The van der Waals surface area contributed by atoms with Gasteiger partial charge in [-0.1, -0.05) is 0 Å². The number of nitrogens with zero attached hydrogens (tertiary/aromatic N) is 2. The maximum atomic E-state index is 12.3. The van der Waals surface area contributed by atoms with Crippen molar-refractivity contribution in [2.75, 3.05) is 31.9 Å². The van der Waals surface area contributed by atoms with Crippen molar-refractivity contribution in [2.45, 2.75) is 18.9 Å². The number of hydrogen-bond acceptors (Lipinski definition) is 3. The Kier molecular flexibility index (Phi) is 3.25. The minimum Gasteiger partial charge on any atom is -0.397 e. The lowest BCUT2D eigenvalue weighted by atomic mass is 10.0. The zero-order valence-electron chi connectivity index (χ0n) is 11.3. The first kappa shape index (κ1) is 12.8. The van der Waals surface area contributed by atoms with E-state index in [0.717, 1.165) is 25.9 Å². The van der Waals surface area contributed by atoms with Crippen LogP contribution >= 0.6 is 0 Å². The quantitative estimate of drug-likeness (QED) is 0.722. The molecule has 2 fully saturated rings. The number of nitrogens with one attached hydrogen (secondary N) is 2. The van der Waals surface area contributed by atoms with Crippen molar-refractivity contribution in [3.05, 3.63) is 18.0 Å². The summed E-state index contributed by atoms with van der Waals surface area (Å²) < 4.78 is 0. The van der Waals surface area contributed by atoms with Crippen molar-refractivity contribution >= 4 is 17.6 Å². The number of hydrogen-bond donors (Lipinski definition) is 3. The maximum Gasteiger partial charge on any atom is 0.317 e. The summed E-state index contributed by atoms with van der Waals surface area (Å²) in [5, 5.41) is 2.82. The van der Waals surface area contributed by atoms with Gasteiger partial charge in [0.05, 0.1) is 0 Å². The molecule has 1 aromatic rings. The minimum atomic E-state index is -0.0222. The van der Waals surface area contributed by atoms with Gasteiger partial charge in [-0.25, -0.2) is 4.79 Å². The Morgan fingerprint density at radius 2 is 2.05 bits per heavy atom. The number of aromatic nitrogens is 1. The summed E-state index contributed by atoms with van der Waals surface area (Å²) in [5.41, 5.74) is 6.71. The third kappa shape index (κ3) is 2.31. The lowest BCUT2D eigenvalue weighted by Gasteiger charge is -2.35. The largest absolute Gasteiger partial charge is 0.397 e. The Morgan fingerprint density at radius 3 is 2.60 bits per heavy atom. The average Bonchev–Trinajstić information content (AvgIpc) is 3.07. The van der Waals surface area contributed by atoms with Crippen molar-refractivity contribution in [2.24, 2.45) is 0 Å². The fourth-order valence-corrected chi connectivity index (χ4v) is 2.92. The molecule has 0 bridgehead atoms. The van der Waals surface area contributed by atoms with E-state index >= 15 is 0 Å². The number of nitrogen functional groups attached to an aromatic ring is 1. The molecule has 0 aromatic carbocycles. The summed E-state index contributed by atoms with van der Waals surface area (Å²) in [4.78, 5) is 30.5. The van der Waals surface area contributed by atoms with Gasteiger partial charge in [0.15, 0.2) is 0 Å². The molecule has 3 rings (SSSR count). The first-order valence-electron chi connectivity index (χ1n) is 6.93. The number of carbonyl (C=O) groups excluding carboxylic acids is 2. The maximum absolute atomic E-state index is 12.3. The van der Waals surface area contributed by atoms with E-state index in [1.807, 2.05) is 9.80 Å². The lowest BCUT2D eigenvalue weighted by Crippen LogP contribution is -2.47. The molecular weight excluding hydrogens is 258 g/mol. The van der Waals surface area contributed by atoms with Crippen LogP contribution in [0.3, 0.4) is 0 Å². The van der Waals surface area contributed by atoms with E-state index < -0.39 is 0 Å². The zero-order chi connectivity index (χ0) is 14.1. The zero-order valence-corrected chi connectivity index (χ0v) is 11.3. The molecule has 2 aliphatic heterocycles. The summed E-state index contributed by atoms with van der Waals surface area (Å²) in [6.45, 7) is 2.84. The molecule has 2 aliphatic rings. The van der Waals surface area contributed by atoms with Crippen LogP contribution in [0.25, 0.3) is 0 Å². The number of urea groups is 1. The number of rotatable bonds is 2. The van der Waals surface area contributed by atoms with Gasteiger partial charge in [0.1, 0.15) is 5.69 Å². The predicted molar refractivity (Wildman–Crippen MR) is 74.2 cm³/mol. The molecule has 0 aliphatic carbocycles. The molecule has 3 amide bonds. The van der Waals surface area contributed by atoms with Crippen LogP contribution < -0.4 is 11.1 Å². The van der Waals surface area contributed by atoms with Gasteiger partial charge in [0, 0.05) is 44.1 Å². The van der Waals surface area contributed by atoms with Crippen LogP contribution in [0.15, 0.2) is 12.3 Å². The monoisotopic (exact) mass is 277 g/mol. The van der Waals surface area contributed by atoms with E-state index in [0.29, 0.717) is 24.5 Å². The summed E-state index contributed by atoms with van der Waals surface area (Å²) in [5.74, 6) is -0.0222. The van der Waals surface area contributed by atoms with Gasteiger partial charge in [-0.3, -0.25) is 4.79 Å². The number of carbonyl (C=O) groups is 2. The van der Waals surface area contributed by atoms with E-state index in [9.17, 15) is 9.59 Å². The first-order chi connectivity index (χ1) is 9.65. The van der Waals surface area contributed by atoms with E-state index in [1.54, 1.807) is 12.3 Å². The predicted octanol–water partition coefficient (Wildman–Crippen LogP) is 0.227. The Labute approximate surface area is 117 Å². The smallest absolute Gasteiger partial charge is 0.317 e. The highest BCUT2D eigenvalue weighted by Crippen LogP contribution is 2.20. The van der Waals surface area contributed by atoms with Gasteiger partial charge in [-0.15, -0.1) is 0 Å². The Balaban J connectivity index is 1.58. The lowest BCUT2D eigenvalue weighted by molar-refractivity contribution is 0.0661. The highest BCUT2D eigenvalue weighted by molar-refractivity contribution is 5.93. The molecule has 0 atom stereocenters. The first-order valence-corrected chi connectivity index (χ1v) is 6.93. The van der Waals surface area contributed by atoms with Crippen LogP contribution in [0.5, 0.6) is 0 Å². The van der Waals surface area contributed by atoms with Crippen molar-refractivity contribution < 1.29 is 9.59 Å². The van der Waals surface area contributed by atoms with Crippen LogP contribution in [-0.2, 0) is 0 Å². The topological polar surface area (TPSA) is 94.5 Å². The van der Waals surface area contributed by atoms with Gasteiger partial charge < -0.3 is 25.8 Å². The van der Waals surface area contributed by atoms with E-state index in [-0.39, 0.29) is 18.0 Å². The number of piperidine rings is 1. The van der Waals surface area contributed by atoms with E-state index in [2.05, 4.69) is 10.3 Å². The third-order valence-electron chi connectivity index (χ3n) is 4.02. The number of aromatic amines is 1. The van der Waals surface area contributed by atoms with Crippen LogP contribution in [-0.4, -0.2) is 58.9 Å². The highest BCUT2D eigenvalue weighted by Gasteiger charge is 2.32. The molecule has 0 saturated carbocycles. The number of nitrogens with two attached hydrogens (primary N) is 1. The molecule has 20 heavy (non-hydrogen) atoms. The normalized spacial score (nSPS) is 20.3. The van der Waals surface area contributed by atoms with Gasteiger partial charge in [-0.05, 0) is 18.9 Å². The number of likely N-dealkylation sites (tertiary alicyclic amines) is 1. The summed E-state index contributed by atoms with van der Waals surface area (Å²) in [6.07, 6.45) is 3.28. The van der Waals surface area contributed by atoms with Crippen molar-refractivity contribution in [1.82, 2.24) is 20.1 Å². The number of H-pyrrole nitrogens is 1. The Bertz CT molecular complexity index is 519. The van der Waals surface area contributed by atoms with Crippen molar-refractivity contribution in [3.63, 3.8) is 0 Å². The number of amides is 3. The Morgan fingerprint density at radius 1 is 1.30 bits per heavy atom. The third-order valence-corrected chi connectivity index (χ3v) is 4.02. The van der Waals surface area contributed by atoms with Crippen LogP contribution in [0.4, 0.5) is 10.5 Å². The second-order valence-corrected chi connectivity index (χ2v) is 5.30. The standard InChI is InChI=1S/C13H19N5O2/c14-9-7-11(16-8-9)12(19)17-4-1-10(2-5-17)18-6-3-15-13(18)20/h7-8,10,16H,1-6,14H2,(H,15,20). The summed E-state index contributed by atoms with van der Waals surface area (Å²) in [6, 6.07) is 1.92. The fourth-order valence-electron chi connectivity index (χ4n) is 2.92. The summed E-state index contributed by atoms with van der Waals surface area (Å²) in [7, 11) is 0. The molecule has 0 unspecified atom stereocenters. The molecule has 7 nitrogen and oxygen atoms in total. The van der Waals surface area contributed by atoms with Gasteiger partial charge in [-0.2, -0.15) is 0 Å². The van der Waals surface area contributed by atoms with Crippen LogP contribution in [0, 0.1) is 0 Å². The second kappa shape index (κ2) is 5.07. The van der Waals surface area contributed by atoms with Crippen LogP contribution in [0.2, 0.25) is 0 Å². The second-order valence-electron chi connectivity index (χ2n) is 5.30. The molecule has 4 N–H and O–H groups in total. The molecule has 3 heterocycles. The fraction of sp³-hybridized carbons (Fsp3) is 0.538. The molecule has 0 radical (unpaired) electrons. The van der Waals surface area contributed by atoms with Gasteiger partial charge in [0.25, 0.3) is 5.91 Å². The van der Waals surface area contributed by atoms with E-state index in [1.165, 1.54) is 0 Å². The summed E-state index contributed by atoms with van der Waals surface area (Å²) >= 11 is 0. The van der Waals surface area contributed by atoms with Gasteiger partial charge in [0.2, 0.25) is 0 Å². The number of anilines is 1. The molecule has 108 valence electrons. The van der Waals surface area contributed by atoms with Gasteiger partial charge >= 0.3 is 6.03 Å². The molecule has 0 spiro atoms.